The number of unbranched alkanes of at least 4 members (excludes halogenated alkanes) is 4. The van der Waals surface area contributed by atoms with E-state index in [1.807, 2.05) is 24.3 Å². The van der Waals surface area contributed by atoms with E-state index in [0.717, 1.165) is 49.7 Å². The largest absolute Gasteiger partial charge is 0.299 e. The van der Waals surface area contributed by atoms with Gasteiger partial charge in [-0.05, 0) is 64.5 Å². The minimum atomic E-state index is -1.01. The Bertz CT molecular complexity index is 714. The minimum absolute atomic E-state index is 0.0899. The number of carbonyl (C=O) groups excluding carboxylic acids is 4. The highest BCUT2D eigenvalue weighted by molar-refractivity contribution is 6.06. The van der Waals surface area contributed by atoms with Crippen LogP contribution in [0.4, 0.5) is 0 Å². The second kappa shape index (κ2) is 12.8. The molecule has 0 aliphatic heterocycles. The van der Waals surface area contributed by atoms with E-state index in [0.29, 0.717) is 25.7 Å². The molecule has 0 fully saturated rings. The summed E-state index contributed by atoms with van der Waals surface area (Å²) in [7, 11) is 0. The SMILES string of the molecule is CCCCCC(Cc1cccc(CC(CCCCC)(C(C)=O)C(C)=O)c1)(C(C)=O)C(C)=O. The van der Waals surface area contributed by atoms with Crippen molar-refractivity contribution in [2.75, 3.05) is 0 Å². The predicted octanol–water partition coefficient (Wildman–Crippen LogP) is 6.26. The minimum Gasteiger partial charge on any atom is -0.299 e. The summed E-state index contributed by atoms with van der Waals surface area (Å²) in [5, 5.41) is 0. The molecule has 0 N–H and O–H groups in total. The third-order valence-corrected chi connectivity index (χ3v) is 7.11. The number of hydrogen-bond acceptors (Lipinski definition) is 4. The molecule has 1 aromatic rings. The van der Waals surface area contributed by atoms with Crippen LogP contribution in [0.1, 0.15) is 104 Å². The van der Waals surface area contributed by atoms with Crippen LogP contribution in [0.3, 0.4) is 0 Å². The van der Waals surface area contributed by atoms with Crippen molar-refractivity contribution in [2.45, 2.75) is 106 Å². The molecule has 0 bridgehead atoms. The third kappa shape index (κ3) is 6.95. The second-order valence-electron chi connectivity index (χ2n) is 9.48. The molecule has 32 heavy (non-hydrogen) atoms. The van der Waals surface area contributed by atoms with E-state index in [9.17, 15) is 19.2 Å². The molecule has 0 atom stereocenters. The molecule has 0 aliphatic rings. The van der Waals surface area contributed by atoms with Crippen LogP contribution in [0.15, 0.2) is 24.3 Å². The zero-order valence-electron chi connectivity index (χ0n) is 21.0. The first kappa shape index (κ1) is 27.9. The van der Waals surface area contributed by atoms with Gasteiger partial charge < -0.3 is 0 Å². The molecule has 178 valence electrons. The van der Waals surface area contributed by atoms with Gasteiger partial charge in [-0.3, -0.25) is 19.2 Å². The molecular formula is C28H42O4. The highest BCUT2D eigenvalue weighted by Gasteiger charge is 2.41. The van der Waals surface area contributed by atoms with Gasteiger partial charge in [0, 0.05) is 0 Å². The van der Waals surface area contributed by atoms with Crippen LogP contribution in [-0.2, 0) is 32.0 Å². The van der Waals surface area contributed by atoms with E-state index in [4.69, 9.17) is 0 Å². The Labute approximate surface area is 194 Å². The van der Waals surface area contributed by atoms with Crippen molar-refractivity contribution in [3.8, 4) is 0 Å². The summed E-state index contributed by atoms with van der Waals surface area (Å²) < 4.78 is 0. The van der Waals surface area contributed by atoms with Crippen molar-refractivity contribution in [2.24, 2.45) is 10.8 Å². The van der Waals surface area contributed by atoms with E-state index in [-0.39, 0.29) is 23.1 Å². The smallest absolute Gasteiger partial charge is 0.143 e. The molecule has 1 aromatic carbocycles. The van der Waals surface area contributed by atoms with Crippen LogP contribution < -0.4 is 0 Å². The maximum Gasteiger partial charge on any atom is 0.143 e. The van der Waals surface area contributed by atoms with Crippen molar-refractivity contribution < 1.29 is 19.2 Å². The topological polar surface area (TPSA) is 68.3 Å². The van der Waals surface area contributed by atoms with Crippen LogP contribution in [0, 0.1) is 10.8 Å². The fraction of sp³-hybridized carbons (Fsp3) is 0.643. The second-order valence-corrected chi connectivity index (χ2v) is 9.48. The Morgan fingerprint density at radius 1 is 0.625 bits per heavy atom. The van der Waals surface area contributed by atoms with Gasteiger partial charge in [0.25, 0.3) is 0 Å². The van der Waals surface area contributed by atoms with E-state index < -0.39 is 10.8 Å². The maximum absolute atomic E-state index is 12.6. The fourth-order valence-corrected chi connectivity index (χ4v) is 4.77. The van der Waals surface area contributed by atoms with Gasteiger partial charge in [0.15, 0.2) is 0 Å². The van der Waals surface area contributed by atoms with Gasteiger partial charge in [-0.2, -0.15) is 0 Å². The zero-order valence-corrected chi connectivity index (χ0v) is 21.0. The first-order chi connectivity index (χ1) is 15.1. The van der Waals surface area contributed by atoms with Gasteiger partial charge in [0.1, 0.15) is 23.1 Å². The predicted molar refractivity (Wildman–Crippen MR) is 130 cm³/mol. The number of hydrogen-bond donors (Lipinski definition) is 0. The molecule has 0 unspecified atom stereocenters. The molecule has 1 rings (SSSR count). The number of benzene rings is 1. The monoisotopic (exact) mass is 442 g/mol. The Kier molecular flexibility index (Phi) is 11.2. The Balaban J connectivity index is 3.27. The third-order valence-electron chi connectivity index (χ3n) is 7.11. The summed E-state index contributed by atoms with van der Waals surface area (Å²) in [6, 6.07) is 7.74. The summed E-state index contributed by atoms with van der Waals surface area (Å²) in [5.41, 5.74) is -0.210. The standard InChI is InChI=1S/C28H42O4/c1-7-9-11-16-27(21(3)29,22(4)30)19-25-14-13-15-26(18-25)20-28(23(5)31,24(6)32)17-12-10-8-2/h13-15,18H,7-12,16-17,19-20H2,1-6H3. The lowest BCUT2D eigenvalue weighted by Gasteiger charge is -2.30. The van der Waals surface area contributed by atoms with E-state index in [1.165, 1.54) is 27.7 Å². The van der Waals surface area contributed by atoms with Crippen molar-refractivity contribution in [3.05, 3.63) is 35.4 Å². The fourth-order valence-electron chi connectivity index (χ4n) is 4.77. The van der Waals surface area contributed by atoms with E-state index >= 15 is 0 Å². The first-order valence-corrected chi connectivity index (χ1v) is 12.2. The van der Waals surface area contributed by atoms with Gasteiger partial charge >= 0.3 is 0 Å². The highest BCUT2D eigenvalue weighted by atomic mass is 16.2. The van der Waals surface area contributed by atoms with Crippen LogP contribution in [0.2, 0.25) is 0 Å². The normalized spacial score (nSPS) is 11.9. The van der Waals surface area contributed by atoms with E-state index in [1.54, 1.807) is 0 Å². The molecule has 0 saturated carbocycles. The van der Waals surface area contributed by atoms with Crippen molar-refractivity contribution in [1.29, 1.82) is 0 Å². The molecule has 4 nitrogen and oxygen atoms in total. The average molecular weight is 443 g/mol. The summed E-state index contributed by atoms with van der Waals surface area (Å²) >= 11 is 0. The van der Waals surface area contributed by atoms with E-state index in [2.05, 4.69) is 13.8 Å². The maximum atomic E-state index is 12.6. The highest BCUT2D eigenvalue weighted by Crippen LogP contribution is 2.35. The molecule has 0 aromatic heterocycles. The van der Waals surface area contributed by atoms with Gasteiger partial charge in [-0.15, -0.1) is 0 Å². The molecule has 0 radical (unpaired) electrons. The van der Waals surface area contributed by atoms with Gasteiger partial charge in [-0.25, -0.2) is 0 Å². The lowest BCUT2D eigenvalue weighted by atomic mass is 9.70. The van der Waals surface area contributed by atoms with Crippen LogP contribution in [0.25, 0.3) is 0 Å². The lowest BCUT2D eigenvalue weighted by Crippen LogP contribution is -2.39. The zero-order chi connectivity index (χ0) is 24.4. The van der Waals surface area contributed by atoms with Crippen LogP contribution in [0.5, 0.6) is 0 Å². The molecule has 0 saturated heterocycles. The number of carbonyl (C=O) groups is 4. The van der Waals surface area contributed by atoms with Gasteiger partial charge in [0.05, 0.1) is 10.8 Å². The summed E-state index contributed by atoms with van der Waals surface area (Å²) in [5.74, 6) is -0.360. The summed E-state index contributed by atoms with van der Waals surface area (Å²) in [4.78, 5) is 50.5. The molecule has 0 heterocycles. The van der Waals surface area contributed by atoms with Crippen molar-refractivity contribution in [3.63, 3.8) is 0 Å². The number of rotatable bonds is 16. The first-order valence-electron chi connectivity index (χ1n) is 12.2. The molecule has 0 amide bonds. The molecule has 0 spiro atoms. The quantitative estimate of drug-likeness (QED) is 0.224. The van der Waals surface area contributed by atoms with Crippen LogP contribution >= 0.6 is 0 Å². The van der Waals surface area contributed by atoms with Crippen molar-refractivity contribution >= 4 is 23.1 Å². The summed E-state index contributed by atoms with van der Waals surface area (Å²) in [6.45, 7) is 10.3. The molecule has 4 heteroatoms. The molecular weight excluding hydrogens is 400 g/mol. The Morgan fingerprint density at radius 3 is 1.25 bits per heavy atom. The van der Waals surface area contributed by atoms with Crippen LogP contribution in [-0.4, -0.2) is 23.1 Å². The Morgan fingerprint density at radius 2 is 0.969 bits per heavy atom. The lowest BCUT2D eigenvalue weighted by molar-refractivity contribution is -0.140. The summed E-state index contributed by atoms with van der Waals surface area (Å²) in [6.07, 6.45) is 7.52. The number of Topliss-reactive ketones (excluding diaryl/α,β-unsaturated/α-hetero) is 4. The van der Waals surface area contributed by atoms with Gasteiger partial charge in [0.2, 0.25) is 0 Å². The molecule has 0 aliphatic carbocycles. The average Bonchev–Trinajstić information content (AvgIpc) is 2.72. The number of ketones is 4. The van der Waals surface area contributed by atoms with Crippen molar-refractivity contribution in [1.82, 2.24) is 0 Å². The van der Waals surface area contributed by atoms with Gasteiger partial charge in [-0.1, -0.05) is 76.6 Å². The Hall–Kier alpha value is -2.10.